The smallest absolute Gasteiger partial charge is 0.166 e. The number of benzene rings is 8. The van der Waals surface area contributed by atoms with Gasteiger partial charge in [0.1, 0.15) is 0 Å². The monoisotopic (exact) mass is 648 g/mol. The molecule has 51 heavy (non-hydrogen) atoms. The van der Waals surface area contributed by atoms with Gasteiger partial charge < -0.3 is 4.57 Å². The summed E-state index contributed by atoms with van der Waals surface area (Å²) in [7, 11) is 0. The summed E-state index contributed by atoms with van der Waals surface area (Å²) in [5, 5.41) is 7.35. The predicted octanol–water partition coefficient (Wildman–Crippen LogP) is 11.9. The molecule has 0 atom stereocenters. The molecule has 0 aliphatic heterocycles. The fourth-order valence-electron chi connectivity index (χ4n) is 8.17. The highest BCUT2D eigenvalue weighted by atomic mass is 15.1. The van der Waals surface area contributed by atoms with Crippen LogP contribution in [0.3, 0.4) is 0 Å². The lowest BCUT2D eigenvalue weighted by Crippen LogP contribution is -2.04. The Morgan fingerprint density at radius 1 is 0.314 bits per heavy atom. The number of nitrogens with zero attached hydrogens (tertiary/aromatic N) is 4. The summed E-state index contributed by atoms with van der Waals surface area (Å²) in [6, 6.07) is 60.2. The van der Waals surface area contributed by atoms with Gasteiger partial charge in [-0.1, -0.05) is 152 Å². The highest BCUT2D eigenvalue weighted by molar-refractivity contribution is 6.30. The zero-order chi connectivity index (χ0) is 33.5. The van der Waals surface area contributed by atoms with E-state index in [4.69, 9.17) is 15.0 Å². The van der Waals surface area contributed by atoms with Crippen molar-refractivity contribution in [3.05, 3.63) is 170 Å². The van der Waals surface area contributed by atoms with Crippen LogP contribution in [0, 0.1) is 0 Å². The first kappa shape index (κ1) is 28.0. The van der Waals surface area contributed by atoms with E-state index in [-0.39, 0.29) is 0 Å². The molecule has 0 radical (unpaired) electrons. The van der Waals surface area contributed by atoms with Crippen molar-refractivity contribution in [1.82, 2.24) is 19.5 Å². The van der Waals surface area contributed by atoms with Gasteiger partial charge >= 0.3 is 0 Å². The van der Waals surface area contributed by atoms with Crippen molar-refractivity contribution in [1.29, 1.82) is 0 Å². The van der Waals surface area contributed by atoms with Crippen LogP contribution < -0.4 is 0 Å². The zero-order valence-corrected chi connectivity index (χ0v) is 27.5. The van der Waals surface area contributed by atoms with Gasteiger partial charge in [0, 0.05) is 32.8 Å². The quantitative estimate of drug-likeness (QED) is 0.191. The summed E-state index contributed by atoms with van der Waals surface area (Å²) in [6.07, 6.45) is 0. The van der Waals surface area contributed by atoms with E-state index in [1.807, 2.05) is 36.4 Å². The summed E-state index contributed by atoms with van der Waals surface area (Å²) in [6.45, 7) is 0. The highest BCUT2D eigenvalue weighted by Crippen LogP contribution is 2.50. The van der Waals surface area contributed by atoms with Crippen molar-refractivity contribution in [2.45, 2.75) is 0 Å². The molecular formula is C47H28N4. The topological polar surface area (TPSA) is 43.6 Å². The lowest BCUT2D eigenvalue weighted by atomic mass is 9.93. The molecule has 0 N–H and O–H groups in total. The van der Waals surface area contributed by atoms with Gasteiger partial charge in [0.05, 0.1) is 16.7 Å². The Bertz CT molecular complexity index is 2960. The van der Waals surface area contributed by atoms with Crippen molar-refractivity contribution < 1.29 is 0 Å². The first-order valence-corrected chi connectivity index (χ1v) is 17.3. The maximum absolute atomic E-state index is 5.22. The summed E-state index contributed by atoms with van der Waals surface area (Å²) in [5.74, 6) is 1.92. The van der Waals surface area contributed by atoms with Crippen molar-refractivity contribution in [2.75, 3.05) is 0 Å². The third kappa shape index (κ3) is 4.11. The molecule has 1 aliphatic carbocycles. The van der Waals surface area contributed by atoms with E-state index in [0.717, 1.165) is 44.2 Å². The van der Waals surface area contributed by atoms with E-state index in [0.29, 0.717) is 17.5 Å². The predicted molar refractivity (Wildman–Crippen MR) is 210 cm³/mol. The normalized spacial score (nSPS) is 11.9. The minimum absolute atomic E-state index is 0.633. The number of hydrogen-bond donors (Lipinski definition) is 0. The summed E-state index contributed by atoms with van der Waals surface area (Å²) in [5.41, 5.74) is 11.2. The molecule has 4 nitrogen and oxygen atoms in total. The fraction of sp³-hybridized carbons (Fsp3) is 0. The molecule has 0 saturated heterocycles. The van der Waals surface area contributed by atoms with Crippen molar-refractivity contribution >= 4 is 43.4 Å². The van der Waals surface area contributed by atoms with Gasteiger partial charge in [-0.3, -0.25) is 0 Å². The Morgan fingerprint density at radius 3 is 1.57 bits per heavy atom. The lowest BCUT2D eigenvalue weighted by Gasteiger charge is -2.18. The van der Waals surface area contributed by atoms with Gasteiger partial charge in [-0.05, 0) is 56.6 Å². The number of fused-ring (bicyclic) bond motifs is 4. The van der Waals surface area contributed by atoms with Crippen molar-refractivity contribution in [3.63, 3.8) is 0 Å². The maximum atomic E-state index is 5.22. The first-order valence-electron chi connectivity index (χ1n) is 17.3. The molecule has 2 aromatic heterocycles. The number of aromatic nitrogens is 4. The van der Waals surface area contributed by atoms with Gasteiger partial charge in [-0.25, -0.2) is 15.0 Å². The standard InChI is InChI=1S/C47H28N4/c1-3-14-31(15-4-1)45-48-46(32-16-5-2-6-17-32)50-47(49-45)38-27-25-29-13-7-8-19-33(29)44(38)51-39-24-12-23-37-35-21-10-9-20-34(35)36-22-11-18-30-26-28-40(51)43(41(30)36)42(37)39/h1-28H. The molecular weight excluding hydrogens is 621 g/mol. The zero-order valence-electron chi connectivity index (χ0n) is 27.5. The van der Waals surface area contributed by atoms with Crippen molar-refractivity contribution in [2.24, 2.45) is 0 Å². The SMILES string of the molecule is c1ccc(-c2nc(-c3ccccc3)nc(-c3ccc4ccccc4c3-n3c4cccc5c4c4c6c(cccc6ccc43)-c3ccccc3-5)n2)cc1. The third-order valence-corrected chi connectivity index (χ3v) is 10.4. The van der Waals surface area contributed by atoms with Crippen LogP contribution in [0.25, 0.3) is 105 Å². The molecule has 0 bridgehead atoms. The van der Waals surface area contributed by atoms with E-state index < -0.39 is 0 Å². The van der Waals surface area contributed by atoms with Gasteiger partial charge in [-0.15, -0.1) is 0 Å². The molecule has 1 aliphatic rings. The van der Waals surface area contributed by atoms with E-state index in [9.17, 15) is 0 Å². The average molecular weight is 649 g/mol. The Morgan fingerprint density at radius 2 is 0.843 bits per heavy atom. The van der Waals surface area contributed by atoms with Crippen LogP contribution in [-0.4, -0.2) is 19.5 Å². The second kappa shape index (κ2) is 10.8. The molecule has 0 spiro atoms. The van der Waals surface area contributed by atoms with E-state index in [1.54, 1.807) is 0 Å². The average Bonchev–Trinajstić information content (AvgIpc) is 3.48. The molecule has 8 aromatic carbocycles. The van der Waals surface area contributed by atoms with Crippen LogP contribution in [0.4, 0.5) is 0 Å². The Hall–Kier alpha value is -6.91. The van der Waals surface area contributed by atoms with Gasteiger partial charge in [0.15, 0.2) is 17.5 Å². The summed E-state index contributed by atoms with van der Waals surface area (Å²) in [4.78, 5) is 15.5. The van der Waals surface area contributed by atoms with E-state index in [1.165, 1.54) is 43.8 Å². The van der Waals surface area contributed by atoms with Crippen LogP contribution in [-0.2, 0) is 0 Å². The van der Waals surface area contributed by atoms with Crippen molar-refractivity contribution in [3.8, 4) is 62.1 Å². The minimum Gasteiger partial charge on any atom is -0.308 e. The molecule has 0 saturated carbocycles. The molecule has 2 heterocycles. The van der Waals surface area contributed by atoms with Gasteiger partial charge in [0.25, 0.3) is 0 Å². The lowest BCUT2D eigenvalue weighted by molar-refractivity contribution is 1.07. The summed E-state index contributed by atoms with van der Waals surface area (Å²) < 4.78 is 2.46. The second-order valence-electron chi connectivity index (χ2n) is 13.2. The van der Waals surface area contributed by atoms with Crippen LogP contribution in [0.1, 0.15) is 0 Å². The maximum Gasteiger partial charge on any atom is 0.166 e. The molecule has 236 valence electrons. The molecule has 4 heteroatoms. The second-order valence-corrected chi connectivity index (χ2v) is 13.2. The van der Waals surface area contributed by atoms with Crippen LogP contribution >= 0.6 is 0 Å². The van der Waals surface area contributed by atoms with Crippen LogP contribution in [0.5, 0.6) is 0 Å². The molecule has 10 aromatic rings. The van der Waals surface area contributed by atoms with Gasteiger partial charge in [-0.2, -0.15) is 0 Å². The number of hydrogen-bond acceptors (Lipinski definition) is 3. The largest absolute Gasteiger partial charge is 0.308 e. The van der Waals surface area contributed by atoms with Crippen LogP contribution in [0.2, 0.25) is 0 Å². The van der Waals surface area contributed by atoms with Gasteiger partial charge in [0.2, 0.25) is 0 Å². The molecule has 0 fully saturated rings. The molecule has 0 amide bonds. The Kier molecular flexibility index (Phi) is 5.92. The highest BCUT2D eigenvalue weighted by Gasteiger charge is 2.27. The minimum atomic E-state index is 0.633. The molecule has 11 rings (SSSR count). The number of rotatable bonds is 4. The van der Waals surface area contributed by atoms with E-state index in [2.05, 4.69) is 138 Å². The Balaban J connectivity index is 1.30. The fourth-order valence-corrected chi connectivity index (χ4v) is 8.17. The Labute approximate surface area is 294 Å². The van der Waals surface area contributed by atoms with E-state index >= 15 is 0 Å². The summed E-state index contributed by atoms with van der Waals surface area (Å²) >= 11 is 0. The van der Waals surface area contributed by atoms with Crippen LogP contribution in [0.15, 0.2) is 170 Å². The third-order valence-electron chi connectivity index (χ3n) is 10.4. The first-order chi connectivity index (χ1) is 25.3. The molecule has 0 unspecified atom stereocenters.